The van der Waals surface area contributed by atoms with Crippen LogP contribution in [0.25, 0.3) is 6.08 Å². The second-order valence-corrected chi connectivity index (χ2v) is 5.03. The standard InChI is InChI=1S/C14H15Cl2NO3/c1-2-3-12(14(19)20)17-13(18)7-5-9-4-6-10(15)8-11(9)16/h4-8,12H,2-3H2,1H3,(H,17,18)(H,19,20)/b7-5+. The fourth-order valence-electron chi connectivity index (χ4n) is 1.57. The summed E-state index contributed by atoms with van der Waals surface area (Å²) < 4.78 is 0. The number of carboxylic acid groups (broad SMARTS) is 1. The van der Waals surface area contributed by atoms with Crippen molar-refractivity contribution >= 4 is 41.2 Å². The van der Waals surface area contributed by atoms with Gasteiger partial charge in [-0.2, -0.15) is 0 Å². The quantitative estimate of drug-likeness (QED) is 0.791. The van der Waals surface area contributed by atoms with Crippen molar-refractivity contribution in [2.45, 2.75) is 25.8 Å². The molecule has 1 amide bonds. The van der Waals surface area contributed by atoms with Gasteiger partial charge in [-0.15, -0.1) is 0 Å². The molecular weight excluding hydrogens is 301 g/mol. The zero-order valence-corrected chi connectivity index (χ0v) is 12.4. The molecule has 0 aliphatic heterocycles. The molecule has 0 spiro atoms. The molecule has 0 aliphatic rings. The van der Waals surface area contributed by atoms with Gasteiger partial charge in [-0.1, -0.05) is 42.6 Å². The predicted octanol–water partition coefficient (Wildman–Crippen LogP) is 3.38. The van der Waals surface area contributed by atoms with Crippen LogP contribution < -0.4 is 5.32 Å². The lowest BCUT2D eigenvalue weighted by atomic mass is 10.1. The summed E-state index contributed by atoms with van der Waals surface area (Å²) in [6.07, 6.45) is 3.82. The van der Waals surface area contributed by atoms with E-state index in [4.69, 9.17) is 28.3 Å². The van der Waals surface area contributed by atoms with E-state index in [0.717, 1.165) is 0 Å². The van der Waals surface area contributed by atoms with E-state index >= 15 is 0 Å². The van der Waals surface area contributed by atoms with Gasteiger partial charge in [-0.3, -0.25) is 4.79 Å². The summed E-state index contributed by atoms with van der Waals surface area (Å²) in [5, 5.41) is 12.3. The Labute approximate surface area is 127 Å². The fraction of sp³-hybridized carbons (Fsp3) is 0.286. The van der Waals surface area contributed by atoms with E-state index in [1.54, 1.807) is 18.2 Å². The molecular formula is C14H15Cl2NO3. The number of carboxylic acids is 1. The molecule has 0 aliphatic carbocycles. The Hall–Kier alpha value is -1.52. The minimum absolute atomic E-state index is 0.386. The minimum atomic E-state index is -1.04. The van der Waals surface area contributed by atoms with Gasteiger partial charge in [-0.25, -0.2) is 4.79 Å². The number of hydrogen-bond acceptors (Lipinski definition) is 2. The second kappa shape index (κ2) is 7.92. The van der Waals surface area contributed by atoms with Gasteiger partial charge in [0, 0.05) is 16.1 Å². The van der Waals surface area contributed by atoms with E-state index in [-0.39, 0.29) is 0 Å². The molecule has 4 nitrogen and oxygen atoms in total. The Kier molecular flexibility index (Phi) is 6.55. The van der Waals surface area contributed by atoms with Crippen molar-refractivity contribution in [1.82, 2.24) is 5.32 Å². The molecule has 0 aromatic heterocycles. The molecule has 0 radical (unpaired) electrons. The van der Waals surface area contributed by atoms with Crippen LogP contribution >= 0.6 is 23.2 Å². The molecule has 1 aromatic carbocycles. The SMILES string of the molecule is CCCC(NC(=O)/C=C/c1ccc(Cl)cc1Cl)C(=O)O. The molecule has 1 rings (SSSR count). The number of aliphatic carboxylic acids is 1. The summed E-state index contributed by atoms with van der Waals surface area (Å²) in [6.45, 7) is 1.85. The third kappa shape index (κ3) is 5.23. The maximum absolute atomic E-state index is 11.7. The van der Waals surface area contributed by atoms with Crippen molar-refractivity contribution in [2.24, 2.45) is 0 Å². The number of amides is 1. The first kappa shape index (κ1) is 16.5. The van der Waals surface area contributed by atoms with Crippen LogP contribution in [0.1, 0.15) is 25.3 Å². The van der Waals surface area contributed by atoms with Gasteiger partial charge in [0.05, 0.1) is 0 Å². The van der Waals surface area contributed by atoms with Crippen LogP contribution in [0.4, 0.5) is 0 Å². The van der Waals surface area contributed by atoms with E-state index < -0.39 is 17.9 Å². The predicted molar refractivity (Wildman–Crippen MR) is 80.0 cm³/mol. The van der Waals surface area contributed by atoms with E-state index in [2.05, 4.69) is 5.32 Å². The van der Waals surface area contributed by atoms with Gasteiger partial charge >= 0.3 is 5.97 Å². The maximum atomic E-state index is 11.7. The number of benzene rings is 1. The molecule has 108 valence electrons. The molecule has 1 unspecified atom stereocenters. The Morgan fingerprint density at radius 1 is 1.40 bits per heavy atom. The number of carbonyl (C=O) groups excluding carboxylic acids is 1. The number of rotatable bonds is 6. The average molecular weight is 316 g/mol. The minimum Gasteiger partial charge on any atom is -0.480 e. The summed E-state index contributed by atoms with van der Waals surface area (Å²) in [6, 6.07) is 4.02. The lowest BCUT2D eigenvalue weighted by Crippen LogP contribution is -2.39. The van der Waals surface area contributed by atoms with Gasteiger partial charge in [-0.05, 0) is 30.2 Å². The van der Waals surface area contributed by atoms with Crippen LogP contribution in [-0.4, -0.2) is 23.0 Å². The van der Waals surface area contributed by atoms with Crippen molar-refractivity contribution in [3.05, 3.63) is 39.9 Å². The summed E-state index contributed by atoms with van der Waals surface area (Å²) in [5.41, 5.74) is 0.633. The zero-order chi connectivity index (χ0) is 15.1. The third-order valence-electron chi connectivity index (χ3n) is 2.57. The maximum Gasteiger partial charge on any atom is 0.326 e. The molecule has 20 heavy (non-hydrogen) atoms. The van der Waals surface area contributed by atoms with E-state index in [1.807, 2.05) is 6.92 Å². The van der Waals surface area contributed by atoms with Gasteiger partial charge in [0.2, 0.25) is 5.91 Å². The number of halogens is 2. The van der Waals surface area contributed by atoms with Gasteiger partial charge < -0.3 is 10.4 Å². The first-order valence-corrected chi connectivity index (χ1v) is 6.86. The first-order valence-electron chi connectivity index (χ1n) is 6.10. The molecule has 6 heteroatoms. The highest BCUT2D eigenvalue weighted by molar-refractivity contribution is 6.35. The van der Waals surface area contributed by atoms with Gasteiger partial charge in [0.1, 0.15) is 6.04 Å². The van der Waals surface area contributed by atoms with Crippen molar-refractivity contribution < 1.29 is 14.7 Å². The molecule has 0 saturated heterocycles. The fourth-order valence-corrected chi connectivity index (χ4v) is 2.04. The van der Waals surface area contributed by atoms with Crippen LogP contribution in [-0.2, 0) is 9.59 Å². The van der Waals surface area contributed by atoms with Crippen LogP contribution in [0.5, 0.6) is 0 Å². The van der Waals surface area contributed by atoms with Crippen molar-refractivity contribution in [3.63, 3.8) is 0 Å². The molecule has 1 aromatic rings. The Balaban J connectivity index is 2.69. The normalized spacial score (nSPS) is 12.3. The summed E-state index contributed by atoms with van der Waals surface area (Å²) >= 11 is 11.7. The summed E-state index contributed by atoms with van der Waals surface area (Å²) in [4.78, 5) is 22.6. The summed E-state index contributed by atoms with van der Waals surface area (Å²) in [7, 11) is 0. The van der Waals surface area contributed by atoms with E-state index in [0.29, 0.717) is 28.5 Å². The van der Waals surface area contributed by atoms with E-state index in [9.17, 15) is 9.59 Å². The Morgan fingerprint density at radius 2 is 2.10 bits per heavy atom. The number of hydrogen-bond donors (Lipinski definition) is 2. The van der Waals surface area contributed by atoms with Gasteiger partial charge in [0.15, 0.2) is 0 Å². The molecule has 2 N–H and O–H groups in total. The Morgan fingerprint density at radius 3 is 2.65 bits per heavy atom. The van der Waals surface area contributed by atoms with Crippen LogP contribution in [0, 0.1) is 0 Å². The number of nitrogens with one attached hydrogen (secondary N) is 1. The topological polar surface area (TPSA) is 66.4 Å². The molecule has 0 bridgehead atoms. The Bertz CT molecular complexity index is 529. The third-order valence-corrected chi connectivity index (χ3v) is 3.13. The van der Waals surface area contributed by atoms with Gasteiger partial charge in [0.25, 0.3) is 0 Å². The number of carbonyl (C=O) groups is 2. The van der Waals surface area contributed by atoms with Crippen molar-refractivity contribution in [2.75, 3.05) is 0 Å². The highest BCUT2D eigenvalue weighted by Crippen LogP contribution is 2.21. The monoisotopic (exact) mass is 315 g/mol. The second-order valence-electron chi connectivity index (χ2n) is 4.19. The summed E-state index contributed by atoms with van der Waals surface area (Å²) in [5.74, 6) is -1.52. The first-order chi connectivity index (χ1) is 9.43. The van der Waals surface area contributed by atoms with E-state index in [1.165, 1.54) is 12.2 Å². The smallest absolute Gasteiger partial charge is 0.326 e. The molecule has 1 atom stereocenters. The van der Waals surface area contributed by atoms with Crippen LogP contribution in [0.3, 0.4) is 0 Å². The largest absolute Gasteiger partial charge is 0.480 e. The lowest BCUT2D eigenvalue weighted by molar-refractivity contribution is -0.141. The van der Waals surface area contributed by atoms with Crippen molar-refractivity contribution in [3.8, 4) is 0 Å². The molecule has 0 saturated carbocycles. The van der Waals surface area contributed by atoms with Crippen molar-refractivity contribution in [1.29, 1.82) is 0 Å². The average Bonchev–Trinajstić information content (AvgIpc) is 2.37. The van der Waals surface area contributed by atoms with Crippen LogP contribution in [0.2, 0.25) is 10.0 Å². The highest BCUT2D eigenvalue weighted by Gasteiger charge is 2.17. The molecule has 0 heterocycles. The lowest BCUT2D eigenvalue weighted by Gasteiger charge is -2.11. The molecule has 0 fully saturated rings. The highest BCUT2D eigenvalue weighted by atomic mass is 35.5. The van der Waals surface area contributed by atoms with Crippen LogP contribution in [0.15, 0.2) is 24.3 Å². The zero-order valence-electron chi connectivity index (χ0n) is 10.9.